The Bertz CT molecular complexity index is 726. The number of hydrogen-bond donors (Lipinski definition) is 2. The van der Waals surface area contributed by atoms with Gasteiger partial charge in [-0.3, -0.25) is 4.79 Å². The molecule has 8 heteroatoms. The molecule has 2 fully saturated rings. The zero-order valence-corrected chi connectivity index (χ0v) is 12.6. The summed E-state index contributed by atoms with van der Waals surface area (Å²) in [5, 5.41) is 6.87. The zero-order chi connectivity index (χ0) is 15.8. The van der Waals surface area contributed by atoms with Crippen LogP contribution in [0.4, 0.5) is 11.8 Å². The summed E-state index contributed by atoms with van der Waals surface area (Å²) >= 11 is 0. The molecule has 23 heavy (non-hydrogen) atoms. The van der Waals surface area contributed by atoms with Crippen LogP contribution in [0.15, 0.2) is 22.9 Å². The average molecular weight is 314 g/mol. The Hall–Kier alpha value is -2.64. The van der Waals surface area contributed by atoms with Crippen molar-refractivity contribution in [2.45, 2.75) is 31.2 Å². The van der Waals surface area contributed by atoms with Crippen molar-refractivity contribution in [1.82, 2.24) is 20.4 Å². The van der Waals surface area contributed by atoms with Gasteiger partial charge >= 0.3 is 0 Å². The molecular weight excluding hydrogens is 296 g/mol. The van der Waals surface area contributed by atoms with Crippen molar-refractivity contribution < 1.29 is 9.32 Å². The van der Waals surface area contributed by atoms with E-state index in [-0.39, 0.29) is 17.9 Å². The van der Waals surface area contributed by atoms with Crippen molar-refractivity contribution in [3.05, 3.63) is 29.8 Å². The lowest BCUT2D eigenvalue weighted by Crippen LogP contribution is -2.37. The van der Waals surface area contributed by atoms with Gasteiger partial charge in [-0.15, -0.1) is 0 Å². The van der Waals surface area contributed by atoms with E-state index in [0.29, 0.717) is 18.2 Å². The number of rotatable bonds is 4. The maximum atomic E-state index is 12.3. The van der Waals surface area contributed by atoms with Gasteiger partial charge in [-0.05, 0) is 25.3 Å². The van der Waals surface area contributed by atoms with Gasteiger partial charge in [0.2, 0.25) is 5.95 Å². The maximum absolute atomic E-state index is 12.3. The van der Waals surface area contributed by atoms with Gasteiger partial charge in [0.1, 0.15) is 11.6 Å². The number of nitrogens with two attached hydrogens (primary N) is 1. The fourth-order valence-electron chi connectivity index (χ4n) is 2.84. The first-order valence-electron chi connectivity index (χ1n) is 7.80. The molecule has 1 amide bonds. The number of nitrogen functional groups attached to an aromatic ring is 1. The molecule has 0 spiro atoms. The molecular formula is C15H18N6O2. The molecule has 3 N–H and O–H groups in total. The molecule has 4 rings (SSSR count). The van der Waals surface area contributed by atoms with Crippen LogP contribution in [0.3, 0.4) is 0 Å². The first-order chi connectivity index (χ1) is 11.2. The first kappa shape index (κ1) is 14.0. The fourth-order valence-corrected chi connectivity index (χ4v) is 2.84. The number of nitrogens with zero attached hydrogens (tertiary/aromatic N) is 4. The van der Waals surface area contributed by atoms with E-state index >= 15 is 0 Å². The summed E-state index contributed by atoms with van der Waals surface area (Å²) in [6.07, 6.45) is 4.73. The summed E-state index contributed by atoms with van der Waals surface area (Å²) in [5.74, 6) is 2.13. The van der Waals surface area contributed by atoms with Gasteiger partial charge in [-0.2, -0.15) is 4.98 Å². The molecule has 0 bridgehead atoms. The van der Waals surface area contributed by atoms with Gasteiger partial charge in [0.15, 0.2) is 5.69 Å². The topological polar surface area (TPSA) is 110 Å². The predicted molar refractivity (Wildman–Crippen MR) is 83.0 cm³/mol. The van der Waals surface area contributed by atoms with Crippen molar-refractivity contribution in [3.8, 4) is 0 Å². The number of hydrogen-bond acceptors (Lipinski definition) is 7. The van der Waals surface area contributed by atoms with Crippen molar-refractivity contribution in [1.29, 1.82) is 0 Å². The second kappa shape index (κ2) is 5.53. The summed E-state index contributed by atoms with van der Waals surface area (Å²) < 4.78 is 5.23. The quantitative estimate of drug-likeness (QED) is 0.863. The van der Waals surface area contributed by atoms with Gasteiger partial charge in [0, 0.05) is 37.3 Å². The third-order valence-electron chi connectivity index (χ3n) is 4.25. The van der Waals surface area contributed by atoms with E-state index in [1.807, 2.05) is 6.07 Å². The second-order valence-electron chi connectivity index (χ2n) is 6.07. The lowest BCUT2D eigenvalue weighted by molar-refractivity contribution is 0.0931. The number of nitrogens with one attached hydrogen (secondary N) is 1. The van der Waals surface area contributed by atoms with Crippen LogP contribution in [0.1, 0.15) is 41.4 Å². The van der Waals surface area contributed by atoms with Crippen LogP contribution in [-0.2, 0) is 0 Å². The minimum atomic E-state index is -0.185. The highest BCUT2D eigenvalue weighted by molar-refractivity contribution is 5.92. The summed E-state index contributed by atoms with van der Waals surface area (Å²) in [6.45, 7) is 1.50. The van der Waals surface area contributed by atoms with Crippen LogP contribution in [0.5, 0.6) is 0 Å². The van der Waals surface area contributed by atoms with Gasteiger partial charge in [-0.1, -0.05) is 5.16 Å². The Morgan fingerprint density at radius 3 is 3.04 bits per heavy atom. The van der Waals surface area contributed by atoms with Gasteiger partial charge in [-0.25, -0.2) is 4.98 Å². The van der Waals surface area contributed by atoms with E-state index in [1.165, 1.54) is 0 Å². The van der Waals surface area contributed by atoms with E-state index in [1.54, 1.807) is 12.3 Å². The smallest absolute Gasteiger partial charge is 0.273 e. The highest BCUT2D eigenvalue weighted by Gasteiger charge is 2.30. The number of amides is 1. The SMILES string of the molecule is Nc1nccc(N2CC[C@H](NC(=O)c3cc(C4CC4)on3)C2)n1. The van der Waals surface area contributed by atoms with E-state index in [4.69, 9.17) is 10.3 Å². The van der Waals surface area contributed by atoms with Crippen molar-refractivity contribution in [2.24, 2.45) is 0 Å². The Morgan fingerprint density at radius 2 is 2.26 bits per heavy atom. The molecule has 1 aliphatic heterocycles. The lowest BCUT2D eigenvalue weighted by atomic mass is 10.2. The minimum absolute atomic E-state index is 0.0553. The van der Waals surface area contributed by atoms with E-state index in [0.717, 1.165) is 37.4 Å². The molecule has 8 nitrogen and oxygen atoms in total. The molecule has 2 aromatic heterocycles. The van der Waals surface area contributed by atoms with Crippen LogP contribution in [-0.4, -0.2) is 40.2 Å². The predicted octanol–water partition coefficient (Wildman–Crippen LogP) is 0.933. The maximum Gasteiger partial charge on any atom is 0.273 e. The molecule has 3 heterocycles. The molecule has 1 atom stereocenters. The molecule has 1 saturated heterocycles. The summed E-state index contributed by atoms with van der Waals surface area (Å²) in [5.41, 5.74) is 5.97. The first-order valence-corrected chi connectivity index (χ1v) is 7.80. The van der Waals surface area contributed by atoms with Gasteiger partial charge in [0.25, 0.3) is 5.91 Å². The average Bonchev–Trinajstić information content (AvgIpc) is 3.09. The zero-order valence-electron chi connectivity index (χ0n) is 12.6. The van der Waals surface area contributed by atoms with E-state index in [9.17, 15) is 4.79 Å². The highest BCUT2D eigenvalue weighted by Crippen LogP contribution is 2.40. The third kappa shape index (κ3) is 2.96. The van der Waals surface area contributed by atoms with Crippen molar-refractivity contribution >= 4 is 17.7 Å². The van der Waals surface area contributed by atoms with Gasteiger partial charge < -0.3 is 20.5 Å². The fraction of sp³-hybridized carbons (Fsp3) is 0.467. The van der Waals surface area contributed by atoms with Crippen LogP contribution < -0.4 is 16.0 Å². The molecule has 0 unspecified atom stereocenters. The Balaban J connectivity index is 1.37. The second-order valence-corrected chi connectivity index (χ2v) is 6.07. The summed E-state index contributed by atoms with van der Waals surface area (Å²) in [4.78, 5) is 22.4. The minimum Gasteiger partial charge on any atom is -0.368 e. The molecule has 0 aromatic carbocycles. The Morgan fingerprint density at radius 1 is 1.39 bits per heavy atom. The van der Waals surface area contributed by atoms with Crippen molar-refractivity contribution in [2.75, 3.05) is 23.7 Å². The van der Waals surface area contributed by atoms with E-state index < -0.39 is 0 Å². The molecule has 120 valence electrons. The molecule has 2 aromatic rings. The summed E-state index contributed by atoms with van der Waals surface area (Å²) in [6, 6.07) is 3.63. The van der Waals surface area contributed by atoms with Crippen LogP contribution >= 0.6 is 0 Å². The molecule has 1 aliphatic carbocycles. The van der Waals surface area contributed by atoms with Gasteiger partial charge in [0.05, 0.1) is 0 Å². The van der Waals surface area contributed by atoms with Crippen LogP contribution in [0.2, 0.25) is 0 Å². The number of carbonyl (C=O) groups excluding carboxylic acids is 1. The molecule has 2 aliphatic rings. The molecule has 0 radical (unpaired) electrons. The largest absolute Gasteiger partial charge is 0.368 e. The van der Waals surface area contributed by atoms with Crippen LogP contribution in [0, 0.1) is 0 Å². The molecule has 1 saturated carbocycles. The van der Waals surface area contributed by atoms with E-state index in [2.05, 4.69) is 25.3 Å². The van der Waals surface area contributed by atoms with Crippen LogP contribution in [0.25, 0.3) is 0 Å². The van der Waals surface area contributed by atoms with Crippen molar-refractivity contribution in [3.63, 3.8) is 0 Å². The number of anilines is 2. The normalized spacial score (nSPS) is 20.7. The lowest BCUT2D eigenvalue weighted by Gasteiger charge is -2.17. The summed E-state index contributed by atoms with van der Waals surface area (Å²) in [7, 11) is 0. The number of aromatic nitrogens is 3. The third-order valence-corrected chi connectivity index (χ3v) is 4.25. The number of carbonyl (C=O) groups is 1. The monoisotopic (exact) mass is 314 g/mol. The highest BCUT2D eigenvalue weighted by atomic mass is 16.5. The Labute approximate surface area is 133 Å². The standard InChI is InChI=1S/C15H18N6O2/c16-15-17-5-3-13(19-15)21-6-4-10(8-21)18-14(22)11-7-12(23-20-11)9-1-2-9/h3,5,7,9-10H,1-2,4,6,8H2,(H,18,22)(H2,16,17,19)/t10-/m0/s1. The Kier molecular flexibility index (Phi) is 3.36.